The van der Waals surface area contributed by atoms with Gasteiger partial charge < -0.3 is 13.7 Å². The second-order valence-electron chi connectivity index (χ2n) is 6.25. The molecule has 140 valence electrons. The predicted molar refractivity (Wildman–Crippen MR) is 101 cm³/mol. The maximum Gasteiger partial charge on any atom is 0.342 e. The minimum Gasteiger partial charge on any atom is -0.455 e. The first-order valence-electron chi connectivity index (χ1n) is 8.63. The molecule has 0 atom stereocenters. The van der Waals surface area contributed by atoms with Crippen molar-refractivity contribution < 1.29 is 18.5 Å². The quantitative estimate of drug-likeness (QED) is 0.500. The Morgan fingerprint density at radius 1 is 1.07 bits per heavy atom. The highest BCUT2D eigenvalue weighted by Crippen LogP contribution is 2.27. The van der Waals surface area contributed by atoms with E-state index in [4.69, 9.17) is 13.7 Å². The van der Waals surface area contributed by atoms with Gasteiger partial charge in [-0.1, -0.05) is 41.6 Å². The monoisotopic (exact) mass is 376 g/mol. The number of para-hydroxylation sites is 1. The minimum absolute atomic E-state index is 0.156. The summed E-state index contributed by atoms with van der Waals surface area (Å²) in [5.74, 6) is 0.414. The Morgan fingerprint density at radius 3 is 2.57 bits per heavy atom. The Kier molecular flexibility index (Phi) is 4.49. The fourth-order valence-corrected chi connectivity index (χ4v) is 2.94. The molecule has 0 spiro atoms. The number of carbonyl (C=O) groups is 1. The second kappa shape index (κ2) is 7.11. The fraction of sp³-hybridized carbons (Fsp3) is 0.143. The van der Waals surface area contributed by atoms with E-state index >= 15 is 0 Å². The first-order chi connectivity index (χ1) is 13.5. The Bertz CT molecular complexity index is 1220. The molecule has 0 fully saturated rings. The van der Waals surface area contributed by atoms with Crippen LogP contribution in [0.2, 0.25) is 0 Å². The van der Waals surface area contributed by atoms with Gasteiger partial charge in [-0.2, -0.15) is 4.98 Å². The van der Waals surface area contributed by atoms with Crippen molar-refractivity contribution in [1.29, 1.82) is 0 Å². The Hall–Kier alpha value is -3.74. The number of aryl methyl sites for hydroxylation is 1. The molecule has 7 nitrogen and oxygen atoms in total. The third-order valence-corrected chi connectivity index (χ3v) is 4.30. The van der Waals surface area contributed by atoms with Crippen LogP contribution in [0.1, 0.15) is 27.6 Å². The molecule has 0 radical (unpaired) electrons. The van der Waals surface area contributed by atoms with Gasteiger partial charge >= 0.3 is 5.97 Å². The number of benzene rings is 2. The molecule has 0 unspecified atom stereocenters. The zero-order chi connectivity index (χ0) is 19.7. The van der Waals surface area contributed by atoms with Crippen molar-refractivity contribution in [1.82, 2.24) is 10.1 Å². The first kappa shape index (κ1) is 17.7. The van der Waals surface area contributed by atoms with Crippen LogP contribution in [0.25, 0.3) is 22.3 Å². The van der Waals surface area contributed by atoms with Gasteiger partial charge in [0, 0.05) is 11.1 Å². The summed E-state index contributed by atoms with van der Waals surface area (Å²) in [6.07, 6.45) is 0. The van der Waals surface area contributed by atoms with Crippen molar-refractivity contribution >= 4 is 16.9 Å². The van der Waals surface area contributed by atoms with E-state index in [1.165, 1.54) is 0 Å². The van der Waals surface area contributed by atoms with Crippen LogP contribution in [-0.2, 0) is 11.3 Å². The highest BCUT2D eigenvalue weighted by Gasteiger charge is 2.20. The van der Waals surface area contributed by atoms with Crippen LogP contribution < -0.4 is 5.43 Å². The third-order valence-electron chi connectivity index (χ3n) is 4.30. The highest BCUT2D eigenvalue weighted by molar-refractivity contribution is 6.02. The molecule has 0 N–H and O–H groups in total. The van der Waals surface area contributed by atoms with E-state index in [1.807, 2.05) is 30.3 Å². The smallest absolute Gasteiger partial charge is 0.342 e. The van der Waals surface area contributed by atoms with Crippen LogP contribution in [0.5, 0.6) is 0 Å². The Morgan fingerprint density at radius 2 is 1.86 bits per heavy atom. The summed E-state index contributed by atoms with van der Waals surface area (Å²) in [6, 6.07) is 14.1. The molecule has 4 aromatic rings. The Balaban J connectivity index is 1.77. The van der Waals surface area contributed by atoms with Crippen LogP contribution in [-0.4, -0.2) is 16.1 Å². The summed E-state index contributed by atoms with van der Waals surface area (Å²) in [6.45, 7) is 3.20. The van der Waals surface area contributed by atoms with Crippen molar-refractivity contribution in [3.8, 4) is 11.3 Å². The molecule has 0 bridgehead atoms. The van der Waals surface area contributed by atoms with Crippen LogP contribution >= 0.6 is 0 Å². The standard InChI is InChI=1S/C21H16N2O5/c1-12-18(24)15-9-6-10-16(21(25)26-11-17-22-13(2)23-28-17)20(15)27-19(12)14-7-4-3-5-8-14/h3-10H,11H2,1-2H3. The number of carbonyl (C=O) groups excluding carboxylic acids is 1. The van der Waals surface area contributed by atoms with Gasteiger partial charge in [0.15, 0.2) is 23.4 Å². The van der Waals surface area contributed by atoms with Gasteiger partial charge in [0.1, 0.15) is 11.3 Å². The third kappa shape index (κ3) is 3.18. The van der Waals surface area contributed by atoms with Crippen molar-refractivity contribution in [2.75, 3.05) is 0 Å². The van der Waals surface area contributed by atoms with Crippen molar-refractivity contribution in [2.24, 2.45) is 0 Å². The van der Waals surface area contributed by atoms with Gasteiger partial charge in [-0.05, 0) is 26.0 Å². The molecule has 0 saturated heterocycles. The van der Waals surface area contributed by atoms with E-state index in [-0.39, 0.29) is 29.1 Å². The van der Waals surface area contributed by atoms with Gasteiger partial charge in [0.2, 0.25) is 0 Å². The lowest BCUT2D eigenvalue weighted by atomic mass is 10.0. The zero-order valence-electron chi connectivity index (χ0n) is 15.3. The molecule has 0 amide bonds. The number of aromatic nitrogens is 2. The highest BCUT2D eigenvalue weighted by atomic mass is 16.6. The number of rotatable bonds is 4. The molecule has 0 aliphatic rings. The summed E-state index contributed by atoms with van der Waals surface area (Å²) in [7, 11) is 0. The van der Waals surface area contributed by atoms with Crippen LogP contribution in [0.15, 0.2) is 62.3 Å². The number of nitrogens with zero attached hydrogens (tertiary/aromatic N) is 2. The van der Waals surface area contributed by atoms with E-state index in [0.29, 0.717) is 22.5 Å². The molecule has 0 aliphatic carbocycles. The molecule has 0 saturated carbocycles. The summed E-state index contributed by atoms with van der Waals surface area (Å²) >= 11 is 0. The average Bonchev–Trinajstić information content (AvgIpc) is 3.14. The van der Waals surface area contributed by atoms with Gasteiger partial charge in [-0.3, -0.25) is 4.79 Å². The van der Waals surface area contributed by atoms with Crippen LogP contribution in [0.3, 0.4) is 0 Å². The van der Waals surface area contributed by atoms with E-state index < -0.39 is 5.97 Å². The molecular formula is C21H16N2O5. The average molecular weight is 376 g/mol. The first-order valence-corrected chi connectivity index (χ1v) is 8.63. The van der Waals surface area contributed by atoms with E-state index in [0.717, 1.165) is 5.56 Å². The molecule has 2 heterocycles. The van der Waals surface area contributed by atoms with E-state index in [9.17, 15) is 9.59 Å². The van der Waals surface area contributed by atoms with Gasteiger partial charge in [0.25, 0.3) is 5.89 Å². The lowest BCUT2D eigenvalue weighted by molar-refractivity contribution is 0.0431. The number of fused-ring (bicyclic) bond motifs is 1. The molecule has 0 aliphatic heterocycles. The molecule has 2 aromatic carbocycles. The van der Waals surface area contributed by atoms with E-state index in [1.54, 1.807) is 32.0 Å². The predicted octanol–water partition coefficient (Wildman–Crippen LogP) is 3.82. The normalized spacial score (nSPS) is 10.9. The SMILES string of the molecule is Cc1noc(COC(=O)c2cccc3c(=O)c(C)c(-c4ccccc4)oc23)n1. The number of esters is 1. The molecule has 28 heavy (non-hydrogen) atoms. The number of hydrogen-bond acceptors (Lipinski definition) is 7. The van der Waals surface area contributed by atoms with Gasteiger partial charge in [-0.25, -0.2) is 4.79 Å². The Labute approximate surface area is 159 Å². The maximum absolute atomic E-state index is 12.8. The van der Waals surface area contributed by atoms with Crippen molar-refractivity contribution in [3.05, 3.63) is 81.6 Å². The topological polar surface area (TPSA) is 95.4 Å². The lowest BCUT2D eigenvalue weighted by Gasteiger charge is -2.10. The fourth-order valence-electron chi connectivity index (χ4n) is 2.94. The van der Waals surface area contributed by atoms with E-state index in [2.05, 4.69) is 10.1 Å². The van der Waals surface area contributed by atoms with Gasteiger partial charge in [-0.15, -0.1) is 0 Å². The molecule has 7 heteroatoms. The largest absolute Gasteiger partial charge is 0.455 e. The molecule has 2 aromatic heterocycles. The maximum atomic E-state index is 12.8. The van der Waals surface area contributed by atoms with Crippen molar-refractivity contribution in [2.45, 2.75) is 20.5 Å². The summed E-state index contributed by atoms with van der Waals surface area (Å²) in [5, 5.41) is 3.97. The lowest BCUT2D eigenvalue weighted by Crippen LogP contribution is -2.11. The summed E-state index contributed by atoms with van der Waals surface area (Å²) < 4.78 is 16.2. The van der Waals surface area contributed by atoms with Gasteiger partial charge in [0.05, 0.1) is 5.39 Å². The summed E-state index contributed by atoms with van der Waals surface area (Å²) in [5.41, 5.74) is 1.38. The summed E-state index contributed by atoms with van der Waals surface area (Å²) in [4.78, 5) is 29.4. The van der Waals surface area contributed by atoms with Crippen molar-refractivity contribution in [3.63, 3.8) is 0 Å². The minimum atomic E-state index is -0.646. The zero-order valence-corrected chi connectivity index (χ0v) is 15.3. The van der Waals surface area contributed by atoms with Crippen LogP contribution in [0, 0.1) is 13.8 Å². The number of hydrogen-bond donors (Lipinski definition) is 0. The molecule has 4 rings (SSSR count). The number of ether oxygens (including phenoxy) is 1. The molecular weight excluding hydrogens is 360 g/mol. The second-order valence-corrected chi connectivity index (χ2v) is 6.25. The van der Waals surface area contributed by atoms with Crippen LogP contribution in [0.4, 0.5) is 0 Å².